The van der Waals surface area contributed by atoms with E-state index >= 15 is 0 Å². The molecule has 1 aliphatic rings. The topological polar surface area (TPSA) is 97.4 Å². The Morgan fingerprint density at radius 1 is 1.07 bits per heavy atom. The summed E-state index contributed by atoms with van der Waals surface area (Å²) in [5, 5.41) is 5.94. The molecule has 3 rings (SSSR count). The average molecular weight is 381 g/mol. The maximum Gasteiger partial charge on any atom is 0.331 e. The smallest absolute Gasteiger partial charge is 0.331 e. The molecule has 1 saturated carbocycles. The summed E-state index contributed by atoms with van der Waals surface area (Å²) in [5.41, 5.74) is 1.42. The van der Waals surface area contributed by atoms with Crippen LogP contribution in [0, 0.1) is 0 Å². The zero-order valence-corrected chi connectivity index (χ0v) is 15.5. The lowest BCUT2D eigenvalue weighted by Gasteiger charge is -2.22. The van der Waals surface area contributed by atoms with Crippen LogP contribution >= 0.6 is 0 Å². The number of amides is 3. The number of ether oxygens (including phenoxy) is 1. The van der Waals surface area contributed by atoms with E-state index in [1.54, 1.807) is 6.07 Å². The Kier molecular flexibility index (Phi) is 6.73. The van der Waals surface area contributed by atoms with E-state index in [2.05, 4.69) is 15.6 Å². The summed E-state index contributed by atoms with van der Waals surface area (Å²) in [5.74, 6) is -1.35. The predicted molar refractivity (Wildman–Crippen MR) is 105 cm³/mol. The summed E-state index contributed by atoms with van der Waals surface area (Å²) in [6.45, 7) is -0.521. The fourth-order valence-corrected chi connectivity index (χ4v) is 3.14. The number of para-hydroxylation sites is 1. The largest absolute Gasteiger partial charge is 0.452 e. The van der Waals surface area contributed by atoms with Gasteiger partial charge in [-0.2, -0.15) is 0 Å². The molecule has 2 aromatic rings. The molecular formula is C21H23N3O4. The maximum atomic E-state index is 11.8. The first-order valence-corrected chi connectivity index (χ1v) is 9.41. The molecule has 2 N–H and O–H groups in total. The molecule has 146 valence electrons. The molecule has 7 nitrogen and oxygen atoms in total. The first-order chi connectivity index (χ1) is 13.6. The molecule has 0 atom stereocenters. The monoisotopic (exact) mass is 381 g/mol. The van der Waals surface area contributed by atoms with Crippen molar-refractivity contribution < 1.29 is 19.1 Å². The number of benzene rings is 1. The highest BCUT2D eigenvalue weighted by atomic mass is 16.5. The molecule has 1 aromatic carbocycles. The summed E-state index contributed by atoms with van der Waals surface area (Å²) in [6.07, 6.45) is 7.89. The van der Waals surface area contributed by atoms with E-state index in [4.69, 9.17) is 4.74 Å². The van der Waals surface area contributed by atoms with Gasteiger partial charge in [0.1, 0.15) is 0 Å². The standard InChI is InChI=1S/C21H23N3O4/c25-19(24-21(27)23-16-7-2-1-3-8-16)14-28-20(26)13-12-17-11-10-15-6-4-5-9-18(15)22-17/h4-6,9-13,16H,1-3,7-8,14H2,(H2,23,24,25,27)/b13-12+. The zero-order valence-electron chi connectivity index (χ0n) is 15.5. The van der Waals surface area contributed by atoms with Crippen LogP contribution in [0.1, 0.15) is 37.8 Å². The molecule has 0 radical (unpaired) electrons. The number of rotatable bonds is 5. The number of imide groups is 1. The second kappa shape index (κ2) is 9.64. The third kappa shape index (κ3) is 5.90. The van der Waals surface area contributed by atoms with Crippen molar-refractivity contribution in [1.82, 2.24) is 15.6 Å². The minimum atomic E-state index is -0.683. The number of urea groups is 1. The van der Waals surface area contributed by atoms with Crippen LogP contribution in [0.2, 0.25) is 0 Å². The molecule has 0 aliphatic heterocycles. The highest BCUT2D eigenvalue weighted by molar-refractivity contribution is 5.96. The van der Waals surface area contributed by atoms with Gasteiger partial charge in [-0.05, 0) is 31.1 Å². The van der Waals surface area contributed by atoms with E-state index in [1.807, 2.05) is 30.3 Å². The lowest BCUT2D eigenvalue weighted by atomic mass is 9.96. The third-order valence-corrected chi connectivity index (χ3v) is 4.55. The maximum absolute atomic E-state index is 11.8. The second-order valence-electron chi connectivity index (χ2n) is 6.73. The van der Waals surface area contributed by atoms with Crippen LogP contribution in [0.4, 0.5) is 4.79 Å². The van der Waals surface area contributed by atoms with Gasteiger partial charge in [0.2, 0.25) is 0 Å². The van der Waals surface area contributed by atoms with Gasteiger partial charge in [-0.1, -0.05) is 43.5 Å². The van der Waals surface area contributed by atoms with Crippen LogP contribution in [-0.4, -0.2) is 35.5 Å². The molecule has 28 heavy (non-hydrogen) atoms. The molecule has 1 aromatic heterocycles. The minimum Gasteiger partial charge on any atom is -0.452 e. The van der Waals surface area contributed by atoms with Gasteiger partial charge >= 0.3 is 12.0 Å². The van der Waals surface area contributed by atoms with Gasteiger partial charge < -0.3 is 10.1 Å². The summed E-state index contributed by atoms with van der Waals surface area (Å²) < 4.78 is 4.86. The van der Waals surface area contributed by atoms with Crippen molar-refractivity contribution in [3.05, 3.63) is 48.2 Å². The summed E-state index contributed by atoms with van der Waals surface area (Å²) in [6, 6.07) is 10.9. The number of carbonyl (C=O) groups excluding carboxylic acids is 3. The number of pyridine rings is 1. The molecule has 0 spiro atoms. The SMILES string of the molecule is O=C(COC(=O)/C=C/c1ccc2ccccc2n1)NC(=O)NC1CCCCC1. The van der Waals surface area contributed by atoms with Gasteiger partial charge in [0, 0.05) is 17.5 Å². The van der Waals surface area contributed by atoms with Gasteiger partial charge in [0.25, 0.3) is 5.91 Å². The van der Waals surface area contributed by atoms with E-state index in [-0.39, 0.29) is 6.04 Å². The molecule has 0 unspecified atom stereocenters. The van der Waals surface area contributed by atoms with Crippen LogP contribution in [0.25, 0.3) is 17.0 Å². The Morgan fingerprint density at radius 2 is 1.86 bits per heavy atom. The average Bonchev–Trinajstić information content (AvgIpc) is 2.71. The second-order valence-corrected chi connectivity index (χ2v) is 6.73. The van der Waals surface area contributed by atoms with Gasteiger partial charge in [0.15, 0.2) is 6.61 Å². The Morgan fingerprint density at radius 3 is 2.68 bits per heavy atom. The van der Waals surface area contributed by atoms with E-state index < -0.39 is 24.5 Å². The van der Waals surface area contributed by atoms with Crippen molar-refractivity contribution in [1.29, 1.82) is 0 Å². The third-order valence-electron chi connectivity index (χ3n) is 4.55. The van der Waals surface area contributed by atoms with Gasteiger partial charge in [-0.15, -0.1) is 0 Å². The Balaban J connectivity index is 1.41. The molecule has 0 saturated heterocycles. The summed E-state index contributed by atoms with van der Waals surface area (Å²) in [7, 11) is 0. The van der Waals surface area contributed by atoms with Crippen molar-refractivity contribution in [3.8, 4) is 0 Å². The van der Waals surface area contributed by atoms with Crippen molar-refractivity contribution in [2.24, 2.45) is 0 Å². The normalized spacial score (nSPS) is 14.7. The number of fused-ring (bicyclic) bond motifs is 1. The quantitative estimate of drug-likeness (QED) is 0.613. The molecule has 1 fully saturated rings. The Labute approximate surface area is 163 Å². The lowest BCUT2D eigenvalue weighted by molar-refractivity contribution is -0.143. The first kappa shape index (κ1) is 19.5. The van der Waals surface area contributed by atoms with Crippen molar-refractivity contribution in [3.63, 3.8) is 0 Å². The predicted octanol–water partition coefficient (Wildman–Crippen LogP) is 2.95. The number of nitrogens with one attached hydrogen (secondary N) is 2. The van der Waals surface area contributed by atoms with Crippen LogP contribution in [-0.2, 0) is 14.3 Å². The zero-order chi connectivity index (χ0) is 19.8. The lowest BCUT2D eigenvalue weighted by Crippen LogP contribution is -2.46. The molecule has 0 bridgehead atoms. The van der Waals surface area contributed by atoms with Crippen LogP contribution in [0.5, 0.6) is 0 Å². The minimum absolute atomic E-state index is 0.0986. The number of carbonyl (C=O) groups is 3. The number of aromatic nitrogens is 1. The molecule has 1 heterocycles. The fourth-order valence-electron chi connectivity index (χ4n) is 3.14. The van der Waals surface area contributed by atoms with Crippen LogP contribution < -0.4 is 10.6 Å². The van der Waals surface area contributed by atoms with Gasteiger partial charge in [-0.3, -0.25) is 10.1 Å². The van der Waals surface area contributed by atoms with Crippen molar-refractivity contribution >= 4 is 34.9 Å². The molecule has 7 heteroatoms. The number of nitrogens with zero attached hydrogens (tertiary/aromatic N) is 1. The molecule has 3 amide bonds. The Hall–Kier alpha value is -3.22. The van der Waals surface area contributed by atoms with E-state index in [0.717, 1.165) is 36.6 Å². The van der Waals surface area contributed by atoms with Gasteiger partial charge in [0.05, 0.1) is 11.2 Å². The van der Waals surface area contributed by atoms with E-state index in [0.29, 0.717) is 5.69 Å². The van der Waals surface area contributed by atoms with Crippen molar-refractivity contribution in [2.75, 3.05) is 6.61 Å². The highest BCUT2D eigenvalue weighted by Gasteiger charge is 2.17. The Bertz CT molecular complexity index is 888. The molecule has 1 aliphatic carbocycles. The number of hydrogen-bond acceptors (Lipinski definition) is 5. The number of hydrogen-bond donors (Lipinski definition) is 2. The van der Waals surface area contributed by atoms with Crippen LogP contribution in [0.3, 0.4) is 0 Å². The van der Waals surface area contributed by atoms with E-state index in [1.165, 1.54) is 18.6 Å². The fraction of sp³-hybridized carbons (Fsp3) is 0.333. The molecular weight excluding hydrogens is 358 g/mol. The van der Waals surface area contributed by atoms with Crippen molar-refractivity contribution in [2.45, 2.75) is 38.1 Å². The first-order valence-electron chi connectivity index (χ1n) is 9.41. The van der Waals surface area contributed by atoms with Gasteiger partial charge in [-0.25, -0.2) is 14.6 Å². The van der Waals surface area contributed by atoms with E-state index in [9.17, 15) is 14.4 Å². The number of esters is 1. The summed E-state index contributed by atoms with van der Waals surface area (Å²) in [4.78, 5) is 39.7. The highest BCUT2D eigenvalue weighted by Crippen LogP contribution is 2.17. The van der Waals surface area contributed by atoms with Crippen LogP contribution in [0.15, 0.2) is 42.5 Å². The summed E-state index contributed by atoms with van der Waals surface area (Å²) >= 11 is 0.